The average Bonchev–Trinajstić information content (AvgIpc) is 2.52. The van der Waals surface area contributed by atoms with Crippen LogP contribution in [-0.2, 0) is 11.3 Å². The van der Waals surface area contributed by atoms with Gasteiger partial charge in [-0.2, -0.15) is 0 Å². The Kier molecular flexibility index (Phi) is 5.83. The van der Waals surface area contributed by atoms with Gasteiger partial charge in [-0.25, -0.2) is 0 Å². The molecule has 0 saturated carbocycles. The fourth-order valence-corrected chi connectivity index (χ4v) is 2.43. The number of aliphatic carboxylic acids is 1. The SMILES string of the molecule is COc1cc(CNCCC(=O)O)ccc1N1CCNCC1. The van der Waals surface area contributed by atoms with Crippen molar-refractivity contribution < 1.29 is 14.6 Å². The third-order valence-corrected chi connectivity index (χ3v) is 3.55. The normalized spacial score (nSPS) is 15.0. The Balaban J connectivity index is 1.96. The Labute approximate surface area is 125 Å². The molecule has 3 N–H and O–H groups in total. The van der Waals surface area contributed by atoms with Crippen molar-refractivity contribution in [3.8, 4) is 5.75 Å². The van der Waals surface area contributed by atoms with E-state index in [1.807, 2.05) is 6.07 Å². The molecule has 21 heavy (non-hydrogen) atoms. The summed E-state index contributed by atoms with van der Waals surface area (Å²) in [6.07, 6.45) is 0.135. The predicted molar refractivity (Wildman–Crippen MR) is 82.0 cm³/mol. The minimum atomic E-state index is -0.783. The lowest BCUT2D eigenvalue weighted by atomic mass is 10.1. The molecule has 6 heteroatoms. The Bertz CT molecular complexity index is 473. The molecule has 0 aromatic heterocycles. The number of anilines is 1. The molecule has 0 radical (unpaired) electrons. The average molecular weight is 293 g/mol. The summed E-state index contributed by atoms with van der Waals surface area (Å²) in [5.41, 5.74) is 2.21. The van der Waals surface area contributed by atoms with Crippen molar-refractivity contribution in [2.45, 2.75) is 13.0 Å². The van der Waals surface area contributed by atoms with Gasteiger partial charge in [0.2, 0.25) is 0 Å². The van der Waals surface area contributed by atoms with E-state index in [4.69, 9.17) is 9.84 Å². The van der Waals surface area contributed by atoms with Crippen LogP contribution < -0.4 is 20.3 Å². The number of piperazine rings is 1. The van der Waals surface area contributed by atoms with E-state index in [-0.39, 0.29) is 6.42 Å². The van der Waals surface area contributed by atoms with Crippen LogP contribution >= 0.6 is 0 Å². The standard InChI is InChI=1S/C15H23N3O3/c1-21-14-10-12(11-17-5-4-15(19)20)2-3-13(14)18-8-6-16-7-9-18/h2-3,10,16-17H,4-9,11H2,1H3,(H,19,20). The van der Waals surface area contributed by atoms with Gasteiger partial charge >= 0.3 is 5.97 Å². The van der Waals surface area contributed by atoms with Crippen LogP contribution in [-0.4, -0.2) is 50.9 Å². The number of nitrogens with zero attached hydrogens (tertiary/aromatic N) is 1. The van der Waals surface area contributed by atoms with Gasteiger partial charge in [-0.3, -0.25) is 4.79 Å². The van der Waals surface area contributed by atoms with Gasteiger partial charge in [-0.1, -0.05) is 6.07 Å². The van der Waals surface area contributed by atoms with E-state index in [1.54, 1.807) is 7.11 Å². The number of hydrogen-bond acceptors (Lipinski definition) is 5. The van der Waals surface area contributed by atoms with Crippen LogP contribution in [0.5, 0.6) is 5.75 Å². The van der Waals surface area contributed by atoms with Gasteiger partial charge in [0.15, 0.2) is 0 Å². The summed E-state index contributed by atoms with van der Waals surface area (Å²) >= 11 is 0. The topological polar surface area (TPSA) is 73.8 Å². The first-order valence-corrected chi connectivity index (χ1v) is 7.26. The molecule has 0 atom stereocenters. The number of methoxy groups -OCH3 is 1. The number of ether oxygens (including phenoxy) is 1. The maximum absolute atomic E-state index is 10.5. The van der Waals surface area contributed by atoms with Crippen LogP contribution in [0, 0.1) is 0 Å². The summed E-state index contributed by atoms with van der Waals surface area (Å²) < 4.78 is 5.50. The lowest BCUT2D eigenvalue weighted by Crippen LogP contribution is -2.43. The van der Waals surface area contributed by atoms with Crippen LogP contribution in [0.3, 0.4) is 0 Å². The van der Waals surface area contributed by atoms with E-state index in [0.29, 0.717) is 13.1 Å². The van der Waals surface area contributed by atoms with Crippen molar-refractivity contribution in [1.29, 1.82) is 0 Å². The third kappa shape index (κ3) is 4.61. The fraction of sp³-hybridized carbons (Fsp3) is 0.533. The number of carboxylic acids is 1. The van der Waals surface area contributed by atoms with Gasteiger partial charge in [0, 0.05) is 39.3 Å². The molecule has 1 saturated heterocycles. The summed E-state index contributed by atoms with van der Waals surface area (Å²) in [7, 11) is 1.68. The lowest BCUT2D eigenvalue weighted by molar-refractivity contribution is -0.136. The highest BCUT2D eigenvalue weighted by atomic mass is 16.5. The molecule has 1 aromatic rings. The molecule has 2 rings (SSSR count). The molecule has 116 valence electrons. The highest BCUT2D eigenvalue weighted by Crippen LogP contribution is 2.29. The summed E-state index contributed by atoms with van der Waals surface area (Å²) in [5, 5.41) is 15.1. The summed E-state index contributed by atoms with van der Waals surface area (Å²) in [4.78, 5) is 12.8. The van der Waals surface area contributed by atoms with E-state index in [9.17, 15) is 4.79 Å². The van der Waals surface area contributed by atoms with Gasteiger partial charge < -0.3 is 25.4 Å². The molecule has 0 spiro atoms. The van der Waals surface area contributed by atoms with Crippen LogP contribution in [0.15, 0.2) is 18.2 Å². The molecule has 1 fully saturated rings. The van der Waals surface area contributed by atoms with Crippen LogP contribution in [0.25, 0.3) is 0 Å². The minimum absolute atomic E-state index is 0.135. The van der Waals surface area contributed by atoms with Crippen molar-refractivity contribution in [3.05, 3.63) is 23.8 Å². The highest BCUT2D eigenvalue weighted by molar-refractivity contribution is 5.66. The van der Waals surface area contributed by atoms with Gasteiger partial charge in [-0.15, -0.1) is 0 Å². The first-order valence-electron chi connectivity index (χ1n) is 7.26. The number of carbonyl (C=O) groups is 1. The Morgan fingerprint density at radius 3 is 2.86 bits per heavy atom. The quantitative estimate of drug-likeness (QED) is 0.642. The summed E-state index contributed by atoms with van der Waals surface area (Å²) in [6, 6.07) is 6.16. The van der Waals surface area contributed by atoms with Crippen molar-refractivity contribution in [2.75, 3.05) is 44.7 Å². The van der Waals surface area contributed by atoms with Crippen molar-refractivity contribution in [1.82, 2.24) is 10.6 Å². The van der Waals surface area contributed by atoms with E-state index in [2.05, 4.69) is 27.7 Å². The van der Waals surface area contributed by atoms with E-state index >= 15 is 0 Å². The van der Waals surface area contributed by atoms with Crippen LogP contribution in [0.4, 0.5) is 5.69 Å². The maximum atomic E-state index is 10.5. The molecular weight excluding hydrogens is 270 g/mol. The molecule has 0 aliphatic carbocycles. The maximum Gasteiger partial charge on any atom is 0.304 e. The van der Waals surface area contributed by atoms with Crippen molar-refractivity contribution in [2.24, 2.45) is 0 Å². The predicted octanol–water partition coefficient (Wildman–Crippen LogP) is 0.669. The number of nitrogens with one attached hydrogen (secondary N) is 2. The monoisotopic (exact) mass is 293 g/mol. The zero-order chi connectivity index (χ0) is 15.1. The number of rotatable bonds is 7. The Hall–Kier alpha value is -1.79. The largest absolute Gasteiger partial charge is 0.495 e. The molecule has 6 nitrogen and oxygen atoms in total. The Morgan fingerprint density at radius 2 is 2.19 bits per heavy atom. The van der Waals surface area contributed by atoms with Crippen molar-refractivity contribution in [3.63, 3.8) is 0 Å². The second kappa shape index (κ2) is 7.85. The van der Waals surface area contributed by atoms with Gasteiger partial charge in [-0.05, 0) is 17.7 Å². The zero-order valence-electron chi connectivity index (χ0n) is 12.4. The van der Waals surface area contributed by atoms with Gasteiger partial charge in [0.05, 0.1) is 19.2 Å². The van der Waals surface area contributed by atoms with Crippen LogP contribution in [0.1, 0.15) is 12.0 Å². The number of carboxylic acid groups (broad SMARTS) is 1. The third-order valence-electron chi connectivity index (χ3n) is 3.55. The molecule has 1 aromatic carbocycles. The smallest absolute Gasteiger partial charge is 0.304 e. The van der Waals surface area contributed by atoms with E-state index in [0.717, 1.165) is 43.2 Å². The van der Waals surface area contributed by atoms with Gasteiger partial charge in [0.25, 0.3) is 0 Å². The molecule has 1 aliphatic heterocycles. The summed E-state index contributed by atoms with van der Waals surface area (Å²) in [5.74, 6) is 0.0866. The molecular formula is C15H23N3O3. The first kappa shape index (κ1) is 15.6. The second-order valence-corrected chi connectivity index (χ2v) is 5.06. The Morgan fingerprint density at radius 1 is 1.43 bits per heavy atom. The molecule has 0 bridgehead atoms. The van der Waals surface area contributed by atoms with Crippen molar-refractivity contribution >= 4 is 11.7 Å². The number of benzene rings is 1. The zero-order valence-corrected chi connectivity index (χ0v) is 12.4. The second-order valence-electron chi connectivity index (χ2n) is 5.06. The molecule has 1 aliphatic rings. The van der Waals surface area contributed by atoms with E-state index < -0.39 is 5.97 Å². The summed E-state index contributed by atoms with van der Waals surface area (Å²) in [6.45, 7) is 5.05. The number of hydrogen-bond donors (Lipinski definition) is 3. The highest BCUT2D eigenvalue weighted by Gasteiger charge is 2.15. The van der Waals surface area contributed by atoms with E-state index in [1.165, 1.54) is 0 Å². The molecule has 0 unspecified atom stereocenters. The molecule has 1 heterocycles. The fourth-order valence-electron chi connectivity index (χ4n) is 2.43. The molecule has 0 amide bonds. The van der Waals surface area contributed by atoms with Gasteiger partial charge in [0.1, 0.15) is 5.75 Å². The van der Waals surface area contributed by atoms with Crippen LogP contribution in [0.2, 0.25) is 0 Å². The minimum Gasteiger partial charge on any atom is -0.495 e. The first-order chi connectivity index (χ1) is 10.2. The lowest BCUT2D eigenvalue weighted by Gasteiger charge is -2.30.